The zero-order valence-electron chi connectivity index (χ0n) is 12.7. The molecule has 7 nitrogen and oxygen atoms in total. The summed E-state index contributed by atoms with van der Waals surface area (Å²) in [5.41, 5.74) is 1.93. The number of thiophene rings is 1. The van der Waals surface area contributed by atoms with Crippen molar-refractivity contribution >= 4 is 22.2 Å². The Morgan fingerprint density at radius 2 is 2.25 bits per heavy atom. The molecule has 3 heterocycles. The van der Waals surface area contributed by atoms with Crippen molar-refractivity contribution in [1.29, 1.82) is 0 Å². The molecule has 0 saturated heterocycles. The second kappa shape index (κ2) is 6.42. The van der Waals surface area contributed by atoms with Gasteiger partial charge in [-0.2, -0.15) is 16.1 Å². The van der Waals surface area contributed by atoms with Crippen molar-refractivity contribution in [3.05, 3.63) is 47.3 Å². The molecule has 4 aromatic rings. The number of nitrogens with zero attached hydrogens (tertiary/aromatic N) is 4. The lowest BCUT2D eigenvalue weighted by Crippen LogP contribution is -2.25. The number of aliphatic hydroxyl groups excluding tert-OH is 1. The molecule has 0 saturated carbocycles. The minimum absolute atomic E-state index is 0.152. The zero-order chi connectivity index (χ0) is 16.4. The summed E-state index contributed by atoms with van der Waals surface area (Å²) in [6.07, 6.45) is 1.13. The summed E-state index contributed by atoms with van der Waals surface area (Å²) in [5, 5.41) is 27.3. The van der Waals surface area contributed by atoms with E-state index in [1.807, 2.05) is 47.3 Å². The summed E-state index contributed by atoms with van der Waals surface area (Å²) in [6, 6.07) is 9.65. The van der Waals surface area contributed by atoms with Crippen LogP contribution < -0.4 is 4.74 Å². The van der Waals surface area contributed by atoms with Crippen LogP contribution in [0.1, 0.15) is 0 Å². The molecule has 2 N–H and O–H groups in total. The molecule has 0 unspecified atom stereocenters. The van der Waals surface area contributed by atoms with Gasteiger partial charge in [0, 0.05) is 28.0 Å². The van der Waals surface area contributed by atoms with E-state index in [-0.39, 0.29) is 13.2 Å². The Labute approximate surface area is 141 Å². The molecule has 1 atom stereocenters. The van der Waals surface area contributed by atoms with Crippen LogP contribution in [0.15, 0.2) is 47.3 Å². The van der Waals surface area contributed by atoms with Crippen LogP contribution in [-0.2, 0) is 6.54 Å². The predicted octanol–water partition coefficient (Wildman–Crippen LogP) is 2.32. The molecule has 0 bridgehead atoms. The number of H-pyrrole nitrogens is 1. The maximum atomic E-state index is 10.2. The third-order valence-corrected chi connectivity index (χ3v) is 4.28. The SMILES string of the molecule is O[C@@H](COc1cccc2[nH]ccc12)Cn1nnc(-c2ccsc2)n1. The normalized spacial score (nSPS) is 12.5. The standard InChI is InChI=1S/C16H15N5O2S/c22-12(8-21-19-16(18-20-21)11-5-7-24-10-11)9-23-15-3-1-2-14-13(15)4-6-17-14/h1-7,10,12,17,22H,8-9H2/t12-/m1/s1. The summed E-state index contributed by atoms with van der Waals surface area (Å²) < 4.78 is 5.73. The molecule has 0 radical (unpaired) electrons. The number of rotatable bonds is 6. The number of benzene rings is 1. The van der Waals surface area contributed by atoms with E-state index < -0.39 is 6.10 Å². The molecular formula is C16H15N5O2S. The third kappa shape index (κ3) is 3.01. The molecule has 0 spiro atoms. The van der Waals surface area contributed by atoms with Crippen molar-refractivity contribution in [2.24, 2.45) is 0 Å². The first-order valence-electron chi connectivity index (χ1n) is 7.47. The van der Waals surface area contributed by atoms with E-state index in [0.29, 0.717) is 5.82 Å². The minimum atomic E-state index is -0.733. The second-order valence-electron chi connectivity index (χ2n) is 5.34. The van der Waals surface area contributed by atoms with Crippen molar-refractivity contribution in [3.63, 3.8) is 0 Å². The van der Waals surface area contributed by atoms with Crippen LogP contribution in [0, 0.1) is 0 Å². The molecule has 0 aliphatic rings. The van der Waals surface area contributed by atoms with Gasteiger partial charge in [-0.05, 0) is 34.9 Å². The molecule has 0 amide bonds. The number of hydrogen-bond donors (Lipinski definition) is 2. The maximum Gasteiger partial charge on any atom is 0.205 e. The fraction of sp³-hybridized carbons (Fsp3) is 0.188. The summed E-state index contributed by atoms with van der Waals surface area (Å²) >= 11 is 1.58. The second-order valence-corrected chi connectivity index (χ2v) is 6.12. The molecule has 0 fully saturated rings. The highest BCUT2D eigenvalue weighted by Crippen LogP contribution is 2.24. The fourth-order valence-electron chi connectivity index (χ4n) is 2.44. The van der Waals surface area contributed by atoms with Crippen LogP contribution in [0.5, 0.6) is 5.75 Å². The Kier molecular flexibility index (Phi) is 3.97. The largest absolute Gasteiger partial charge is 0.490 e. The van der Waals surface area contributed by atoms with Gasteiger partial charge < -0.3 is 14.8 Å². The van der Waals surface area contributed by atoms with Crippen LogP contribution >= 0.6 is 11.3 Å². The average Bonchev–Trinajstić information content (AvgIpc) is 3.32. The first-order valence-corrected chi connectivity index (χ1v) is 8.41. The highest BCUT2D eigenvalue weighted by atomic mass is 32.1. The van der Waals surface area contributed by atoms with Gasteiger partial charge in [-0.25, -0.2) is 0 Å². The Morgan fingerprint density at radius 3 is 3.12 bits per heavy atom. The first-order chi connectivity index (χ1) is 11.8. The topological polar surface area (TPSA) is 88.9 Å². The van der Waals surface area contributed by atoms with E-state index in [1.165, 1.54) is 4.80 Å². The number of tetrazole rings is 1. The zero-order valence-corrected chi connectivity index (χ0v) is 13.5. The molecule has 8 heteroatoms. The molecular weight excluding hydrogens is 326 g/mol. The van der Waals surface area contributed by atoms with Crippen LogP contribution in [0.3, 0.4) is 0 Å². The first kappa shape index (κ1) is 14.9. The summed E-state index contributed by atoms with van der Waals surface area (Å²) in [5.74, 6) is 1.29. The van der Waals surface area contributed by atoms with Crippen molar-refractivity contribution in [1.82, 2.24) is 25.2 Å². The lowest BCUT2D eigenvalue weighted by atomic mass is 10.2. The monoisotopic (exact) mass is 341 g/mol. The number of hydrogen-bond acceptors (Lipinski definition) is 6. The van der Waals surface area contributed by atoms with Crippen molar-refractivity contribution < 1.29 is 9.84 Å². The van der Waals surface area contributed by atoms with Crippen LogP contribution in [0.2, 0.25) is 0 Å². The van der Waals surface area contributed by atoms with Crippen LogP contribution in [0.4, 0.5) is 0 Å². The van der Waals surface area contributed by atoms with Gasteiger partial charge >= 0.3 is 0 Å². The average molecular weight is 341 g/mol. The highest BCUT2D eigenvalue weighted by molar-refractivity contribution is 7.08. The highest BCUT2D eigenvalue weighted by Gasteiger charge is 2.12. The van der Waals surface area contributed by atoms with E-state index in [1.54, 1.807) is 11.3 Å². The number of aromatic nitrogens is 5. The van der Waals surface area contributed by atoms with E-state index in [9.17, 15) is 5.11 Å². The van der Waals surface area contributed by atoms with E-state index in [4.69, 9.17) is 4.74 Å². The Morgan fingerprint density at radius 1 is 1.29 bits per heavy atom. The van der Waals surface area contributed by atoms with Gasteiger partial charge in [0.15, 0.2) is 0 Å². The third-order valence-electron chi connectivity index (χ3n) is 3.59. The summed E-state index contributed by atoms with van der Waals surface area (Å²) in [7, 11) is 0. The van der Waals surface area contributed by atoms with Crippen molar-refractivity contribution in [2.75, 3.05) is 6.61 Å². The molecule has 0 aliphatic carbocycles. The Bertz CT molecular complexity index is 931. The maximum absolute atomic E-state index is 10.2. The van der Waals surface area contributed by atoms with Crippen molar-refractivity contribution in [3.8, 4) is 17.1 Å². The lowest BCUT2D eigenvalue weighted by molar-refractivity contribution is 0.0857. The van der Waals surface area contributed by atoms with E-state index in [0.717, 1.165) is 22.2 Å². The Hall–Kier alpha value is -2.71. The van der Waals surface area contributed by atoms with Gasteiger partial charge in [0.05, 0.1) is 6.54 Å². The van der Waals surface area contributed by atoms with Gasteiger partial charge in [-0.1, -0.05) is 6.07 Å². The molecule has 3 aromatic heterocycles. The fourth-order valence-corrected chi connectivity index (χ4v) is 3.07. The quantitative estimate of drug-likeness (QED) is 0.562. The van der Waals surface area contributed by atoms with Gasteiger partial charge in [0.25, 0.3) is 0 Å². The molecule has 122 valence electrons. The summed E-state index contributed by atoms with van der Waals surface area (Å²) in [6.45, 7) is 0.375. The molecule has 1 aromatic carbocycles. The smallest absolute Gasteiger partial charge is 0.205 e. The number of aromatic amines is 1. The van der Waals surface area contributed by atoms with E-state index >= 15 is 0 Å². The van der Waals surface area contributed by atoms with Crippen LogP contribution in [0.25, 0.3) is 22.3 Å². The minimum Gasteiger partial charge on any atom is -0.490 e. The predicted molar refractivity (Wildman–Crippen MR) is 90.9 cm³/mol. The number of nitrogens with one attached hydrogen (secondary N) is 1. The van der Waals surface area contributed by atoms with Gasteiger partial charge in [0.1, 0.15) is 18.5 Å². The van der Waals surface area contributed by atoms with Crippen molar-refractivity contribution in [2.45, 2.75) is 12.6 Å². The molecule has 4 rings (SSSR count). The van der Waals surface area contributed by atoms with Gasteiger partial charge in [-0.3, -0.25) is 0 Å². The number of aliphatic hydroxyl groups is 1. The lowest BCUT2D eigenvalue weighted by Gasteiger charge is -2.12. The molecule has 0 aliphatic heterocycles. The number of fused-ring (bicyclic) bond motifs is 1. The Balaban J connectivity index is 1.38. The summed E-state index contributed by atoms with van der Waals surface area (Å²) in [4.78, 5) is 4.52. The van der Waals surface area contributed by atoms with E-state index in [2.05, 4.69) is 20.4 Å². The van der Waals surface area contributed by atoms with Gasteiger partial charge in [0.2, 0.25) is 5.82 Å². The number of ether oxygens (including phenoxy) is 1. The van der Waals surface area contributed by atoms with Gasteiger partial charge in [-0.15, -0.1) is 10.2 Å². The van der Waals surface area contributed by atoms with Crippen LogP contribution in [-0.4, -0.2) is 43.0 Å². The molecule has 24 heavy (non-hydrogen) atoms.